The summed E-state index contributed by atoms with van der Waals surface area (Å²) >= 11 is 1.75. The molecule has 1 aromatic heterocycles. The molecule has 17 heavy (non-hydrogen) atoms. The molecule has 2 rings (SSSR count). The lowest BCUT2D eigenvalue weighted by Crippen LogP contribution is -2.44. The molecule has 96 valence electrons. The zero-order valence-corrected chi connectivity index (χ0v) is 12.2. The van der Waals surface area contributed by atoms with Crippen LogP contribution in [-0.4, -0.2) is 17.2 Å². The second kappa shape index (κ2) is 4.38. The smallest absolute Gasteiger partial charge is 0.0787 e. The normalized spacial score (nSPS) is 28.2. The molecule has 1 N–H and O–H groups in total. The van der Waals surface area contributed by atoms with Crippen molar-refractivity contribution in [2.75, 3.05) is 0 Å². The van der Waals surface area contributed by atoms with Crippen LogP contribution < -0.4 is 5.32 Å². The Morgan fingerprint density at radius 3 is 2.59 bits per heavy atom. The van der Waals surface area contributed by atoms with Gasteiger partial charge in [0, 0.05) is 12.1 Å². The molecule has 2 nitrogen and oxygen atoms in total. The number of hydrogen-bond donors (Lipinski definition) is 1. The molecule has 0 spiro atoms. The first-order valence-corrected chi connectivity index (χ1v) is 7.23. The van der Waals surface area contributed by atoms with Gasteiger partial charge in [-0.25, -0.2) is 0 Å². The largest absolute Gasteiger partial charge is 0.368 e. The zero-order valence-electron chi connectivity index (χ0n) is 11.4. The van der Waals surface area contributed by atoms with Gasteiger partial charge in [-0.3, -0.25) is 0 Å². The highest BCUT2D eigenvalue weighted by Gasteiger charge is 2.46. The van der Waals surface area contributed by atoms with E-state index in [0.717, 1.165) is 6.42 Å². The summed E-state index contributed by atoms with van der Waals surface area (Å²) in [6.07, 6.45) is 1.06. The first-order chi connectivity index (χ1) is 7.80. The lowest BCUT2D eigenvalue weighted by atomic mass is 9.93. The molecular formula is C14H23NOS. The fraction of sp³-hybridized carbons (Fsp3) is 0.714. The molecule has 2 heterocycles. The first-order valence-electron chi connectivity index (χ1n) is 6.28. The average molecular weight is 253 g/mol. The Labute approximate surface area is 108 Å². The van der Waals surface area contributed by atoms with Crippen LogP contribution in [0, 0.1) is 0 Å². The highest BCUT2D eigenvalue weighted by Crippen LogP contribution is 2.38. The average Bonchev–Trinajstić information content (AvgIpc) is 2.72. The van der Waals surface area contributed by atoms with Gasteiger partial charge in [0.15, 0.2) is 0 Å². The second-order valence-corrected chi connectivity index (χ2v) is 6.95. The lowest BCUT2D eigenvalue weighted by Gasteiger charge is -2.29. The van der Waals surface area contributed by atoms with Crippen molar-refractivity contribution in [3.05, 3.63) is 22.4 Å². The highest BCUT2D eigenvalue weighted by atomic mass is 32.1. The fourth-order valence-corrected chi connectivity index (χ4v) is 3.50. The van der Waals surface area contributed by atoms with Crippen LogP contribution in [0.15, 0.2) is 16.8 Å². The third-order valence-electron chi connectivity index (χ3n) is 3.57. The summed E-state index contributed by atoms with van der Waals surface area (Å²) in [5.41, 5.74) is 1.26. The Bertz CT molecular complexity index is 370. The molecule has 0 radical (unpaired) electrons. The van der Waals surface area contributed by atoms with Gasteiger partial charge in [-0.15, -0.1) is 0 Å². The van der Waals surface area contributed by atoms with Gasteiger partial charge >= 0.3 is 0 Å². The van der Waals surface area contributed by atoms with E-state index in [2.05, 4.69) is 56.8 Å². The minimum Gasteiger partial charge on any atom is -0.368 e. The maximum absolute atomic E-state index is 6.11. The minimum atomic E-state index is -0.0895. The zero-order chi connectivity index (χ0) is 12.7. The van der Waals surface area contributed by atoms with E-state index in [4.69, 9.17) is 4.74 Å². The molecule has 3 heteroatoms. The van der Waals surface area contributed by atoms with Crippen molar-refractivity contribution < 1.29 is 4.74 Å². The Balaban J connectivity index is 2.04. The molecule has 1 saturated heterocycles. The summed E-state index contributed by atoms with van der Waals surface area (Å²) in [6, 6.07) is 2.99. The Kier molecular flexibility index (Phi) is 3.36. The van der Waals surface area contributed by atoms with E-state index in [1.54, 1.807) is 11.3 Å². The quantitative estimate of drug-likeness (QED) is 0.886. The monoisotopic (exact) mass is 253 g/mol. The molecule has 0 bridgehead atoms. The van der Waals surface area contributed by atoms with Gasteiger partial charge in [-0.1, -0.05) is 0 Å². The van der Waals surface area contributed by atoms with Crippen molar-refractivity contribution in [3.8, 4) is 0 Å². The number of ether oxygens (including phenoxy) is 1. The minimum absolute atomic E-state index is 0.0183. The van der Waals surface area contributed by atoms with E-state index in [0.29, 0.717) is 12.1 Å². The van der Waals surface area contributed by atoms with Gasteiger partial charge in [0.25, 0.3) is 0 Å². The van der Waals surface area contributed by atoms with Gasteiger partial charge in [0.2, 0.25) is 0 Å². The van der Waals surface area contributed by atoms with Gasteiger partial charge in [-0.05, 0) is 63.4 Å². The summed E-state index contributed by atoms with van der Waals surface area (Å²) in [5, 5.41) is 8.06. The molecule has 0 aliphatic carbocycles. The van der Waals surface area contributed by atoms with E-state index in [9.17, 15) is 0 Å². The van der Waals surface area contributed by atoms with Crippen molar-refractivity contribution in [2.24, 2.45) is 0 Å². The summed E-state index contributed by atoms with van der Waals surface area (Å²) in [7, 11) is 0. The van der Waals surface area contributed by atoms with Crippen molar-refractivity contribution >= 4 is 11.3 Å². The molecule has 2 unspecified atom stereocenters. The van der Waals surface area contributed by atoms with Crippen LogP contribution in [0.25, 0.3) is 0 Å². The summed E-state index contributed by atoms with van der Waals surface area (Å²) in [5.74, 6) is 0. The van der Waals surface area contributed by atoms with Crippen LogP contribution in [0.4, 0.5) is 0 Å². The van der Waals surface area contributed by atoms with E-state index in [1.807, 2.05) is 0 Å². The molecule has 0 amide bonds. The van der Waals surface area contributed by atoms with Crippen LogP contribution in [-0.2, 0) is 4.74 Å². The van der Waals surface area contributed by atoms with Crippen molar-refractivity contribution in [3.63, 3.8) is 0 Å². The van der Waals surface area contributed by atoms with Crippen LogP contribution >= 0.6 is 11.3 Å². The SMILES string of the molecule is CC(NC1CC(C)(C)OC1(C)C)c1ccsc1. The Hall–Kier alpha value is -0.380. The van der Waals surface area contributed by atoms with Crippen molar-refractivity contribution in [2.45, 2.75) is 64.3 Å². The maximum atomic E-state index is 6.11. The van der Waals surface area contributed by atoms with Gasteiger partial charge in [0.05, 0.1) is 11.2 Å². The van der Waals surface area contributed by atoms with E-state index >= 15 is 0 Å². The molecule has 1 aromatic rings. The number of rotatable bonds is 3. The third kappa shape index (κ3) is 2.90. The molecule has 1 aliphatic heterocycles. The molecule has 2 atom stereocenters. The van der Waals surface area contributed by atoms with Crippen LogP contribution in [0.3, 0.4) is 0 Å². The topological polar surface area (TPSA) is 21.3 Å². The van der Waals surface area contributed by atoms with E-state index < -0.39 is 0 Å². The van der Waals surface area contributed by atoms with Gasteiger partial charge in [0.1, 0.15) is 0 Å². The predicted octanol–water partition coefficient (Wildman–Crippen LogP) is 3.74. The van der Waals surface area contributed by atoms with Crippen molar-refractivity contribution in [1.82, 2.24) is 5.32 Å². The molecule has 1 fully saturated rings. The predicted molar refractivity (Wildman–Crippen MR) is 73.5 cm³/mol. The second-order valence-electron chi connectivity index (χ2n) is 6.17. The Morgan fingerprint density at radius 1 is 1.41 bits per heavy atom. The van der Waals surface area contributed by atoms with Gasteiger partial charge in [-0.2, -0.15) is 11.3 Å². The number of hydrogen-bond acceptors (Lipinski definition) is 3. The summed E-state index contributed by atoms with van der Waals surface area (Å²) in [6.45, 7) is 10.9. The molecule has 1 aliphatic rings. The molecule has 0 saturated carbocycles. The molecule has 0 aromatic carbocycles. The van der Waals surface area contributed by atoms with Gasteiger partial charge < -0.3 is 10.1 Å². The number of nitrogens with one attached hydrogen (secondary N) is 1. The lowest BCUT2D eigenvalue weighted by molar-refractivity contribution is -0.0703. The van der Waals surface area contributed by atoms with E-state index in [1.165, 1.54) is 5.56 Å². The number of thiophene rings is 1. The van der Waals surface area contributed by atoms with Crippen LogP contribution in [0.1, 0.15) is 52.6 Å². The summed E-state index contributed by atoms with van der Waals surface area (Å²) < 4.78 is 6.11. The Morgan fingerprint density at radius 2 is 2.12 bits per heavy atom. The van der Waals surface area contributed by atoms with Crippen LogP contribution in [0.5, 0.6) is 0 Å². The standard InChI is InChI=1S/C14H23NOS/c1-10(11-6-7-17-9-11)15-12-8-13(2,3)16-14(12,4)5/h6-7,9-10,12,15H,8H2,1-5H3. The fourth-order valence-electron chi connectivity index (χ4n) is 2.74. The molecular weight excluding hydrogens is 230 g/mol. The van der Waals surface area contributed by atoms with E-state index in [-0.39, 0.29) is 11.2 Å². The highest BCUT2D eigenvalue weighted by molar-refractivity contribution is 7.07. The summed E-state index contributed by atoms with van der Waals surface area (Å²) in [4.78, 5) is 0. The first kappa shape index (κ1) is 13.1. The van der Waals surface area contributed by atoms with Crippen molar-refractivity contribution in [1.29, 1.82) is 0 Å². The maximum Gasteiger partial charge on any atom is 0.0787 e. The van der Waals surface area contributed by atoms with Crippen LogP contribution in [0.2, 0.25) is 0 Å². The third-order valence-corrected chi connectivity index (χ3v) is 4.27.